The highest BCUT2D eigenvalue weighted by molar-refractivity contribution is 5.90. The lowest BCUT2D eigenvalue weighted by Gasteiger charge is -2.33. The quantitative estimate of drug-likeness (QED) is 0.854. The summed E-state index contributed by atoms with van der Waals surface area (Å²) < 4.78 is 12.2. The molecule has 0 aromatic heterocycles. The van der Waals surface area contributed by atoms with E-state index in [-0.39, 0.29) is 17.5 Å². The van der Waals surface area contributed by atoms with Crippen molar-refractivity contribution in [2.75, 3.05) is 20.3 Å². The maximum absolute atomic E-state index is 6.15. The Balaban J connectivity index is 1.61. The van der Waals surface area contributed by atoms with Crippen molar-refractivity contribution in [1.29, 1.82) is 0 Å². The molecule has 0 spiro atoms. The Kier molecular flexibility index (Phi) is 4.47. The van der Waals surface area contributed by atoms with E-state index >= 15 is 0 Å². The Morgan fingerprint density at radius 2 is 1.86 bits per heavy atom. The zero-order valence-electron chi connectivity index (χ0n) is 17.3. The summed E-state index contributed by atoms with van der Waals surface area (Å²) in [5.41, 5.74) is 4.96. The van der Waals surface area contributed by atoms with Crippen LogP contribution in [0.5, 0.6) is 0 Å². The number of nitrogens with one attached hydrogen (secondary N) is 1. The Hall–Kier alpha value is -2.59. The summed E-state index contributed by atoms with van der Waals surface area (Å²) in [6.45, 7) is 5.82. The molecule has 3 atom stereocenters. The zero-order valence-corrected chi connectivity index (χ0v) is 17.3. The average Bonchev–Trinajstić information content (AvgIpc) is 3.30. The summed E-state index contributed by atoms with van der Waals surface area (Å²) in [6.07, 6.45) is 0.952. The van der Waals surface area contributed by atoms with Gasteiger partial charge in [-0.05, 0) is 37.0 Å². The van der Waals surface area contributed by atoms with Crippen molar-refractivity contribution in [2.45, 2.75) is 37.8 Å². The third-order valence-corrected chi connectivity index (χ3v) is 6.30. The van der Waals surface area contributed by atoms with Crippen molar-refractivity contribution >= 4 is 11.7 Å². The Morgan fingerprint density at radius 3 is 2.59 bits per heavy atom. The van der Waals surface area contributed by atoms with Crippen LogP contribution >= 0.6 is 0 Å². The lowest BCUT2D eigenvalue weighted by molar-refractivity contribution is 0.266. The number of methoxy groups -OCH3 is 1. The minimum Gasteiger partial charge on any atom is -0.496 e. The van der Waals surface area contributed by atoms with E-state index in [9.17, 15) is 0 Å². The maximum atomic E-state index is 6.15. The molecular formula is C25H28N2O2. The topological polar surface area (TPSA) is 42.8 Å². The second kappa shape index (κ2) is 7.03. The summed E-state index contributed by atoms with van der Waals surface area (Å²) in [5, 5.41) is 3.77. The number of rotatable bonds is 4. The van der Waals surface area contributed by atoms with Crippen LogP contribution in [0.25, 0.3) is 5.76 Å². The number of nitrogens with zero attached hydrogens (tertiary/aromatic N) is 1. The van der Waals surface area contributed by atoms with Crippen molar-refractivity contribution in [2.24, 2.45) is 10.9 Å². The molecule has 150 valence electrons. The van der Waals surface area contributed by atoms with Crippen molar-refractivity contribution in [3.05, 3.63) is 76.9 Å². The molecule has 2 aromatic carbocycles. The number of hydrogen-bond acceptors (Lipinski definition) is 4. The van der Waals surface area contributed by atoms with E-state index < -0.39 is 0 Å². The summed E-state index contributed by atoms with van der Waals surface area (Å²) in [7, 11) is 1.79. The fourth-order valence-electron chi connectivity index (χ4n) is 5.06. The van der Waals surface area contributed by atoms with Gasteiger partial charge in [0.05, 0.1) is 18.6 Å². The van der Waals surface area contributed by atoms with Crippen LogP contribution in [0.1, 0.15) is 36.5 Å². The van der Waals surface area contributed by atoms with Crippen LogP contribution in [0.2, 0.25) is 0 Å². The molecule has 0 amide bonds. The van der Waals surface area contributed by atoms with Crippen molar-refractivity contribution in [1.82, 2.24) is 5.32 Å². The van der Waals surface area contributed by atoms with Crippen LogP contribution < -0.4 is 5.32 Å². The lowest BCUT2D eigenvalue weighted by Crippen LogP contribution is -2.30. The highest BCUT2D eigenvalue weighted by Gasteiger charge is 2.47. The van der Waals surface area contributed by atoms with Gasteiger partial charge in [0.1, 0.15) is 12.4 Å². The molecular weight excluding hydrogens is 360 g/mol. The van der Waals surface area contributed by atoms with E-state index in [2.05, 4.69) is 73.8 Å². The monoisotopic (exact) mass is 388 g/mol. The molecule has 4 nitrogen and oxygen atoms in total. The van der Waals surface area contributed by atoms with Gasteiger partial charge in [0.15, 0.2) is 5.90 Å². The number of aliphatic imine (C=N–C) groups is 1. The second-order valence-electron chi connectivity index (χ2n) is 8.86. The normalized spacial score (nSPS) is 27.1. The minimum absolute atomic E-state index is 0.134. The average molecular weight is 389 g/mol. The zero-order chi connectivity index (χ0) is 20.0. The Morgan fingerprint density at radius 1 is 1.10 bits per heavy atom. The second-order valence-corrected chi connectivity index (χ2v) is 8.86. The predicted molar refractivity (Wildman–Crippen MR) is 116 cm³/mol. The Labute approximate surface area is 172 Å². The molecule has 2 aliphatic heterocycles. The first-order valence-corrected chi connectivity index (χ1v) is 10.4. The molecule has 1 aliphatic carbocycles. The van der Waals surface area contributed by atoms with E-state index in [1.54, 1.807) is 7.11 Å². The molecule has 2 aromatic rings. The minimum atomic E-state index is -0.162. The largest absolute Gasteiger partial charge is 0.496 e. The highest BCUT2D eigenvalue weighted by Crippen LogP contribution is 2.48. The van der Waals surface area contributed by atoms with Gasteiger partial charge in [-0.2, -0.15) is 0 Å². The molecule has 0 bridgehead atoms. The molecule has 0 radical (unpaired) electrons. The summed E-state index contributed by atoms with van der Waals surface area (Å²) in [6, 6.07) is 19.5. The third-order valence-electron chi connectivity index (χ3n) is 6.30. The van der Waals surface area contributed by atoms with E-state index in [0.717, 1.165) is 24.6 Å². The fraction of sp³-hybridized carbons (Fsp3) is 0.400. The first kappa shape index (κ1) is 18.4. The SMILES string of the molecule is COC1=C2C(Cc3ccccc3)NC[C@@H]2[C@H](C2=NC(C)(C)CO2)c2ccccc21. The van der Waals surface area contributed by atoms with E-state index in [0.29, 0.717) is 12.5 Å². The highest BCUT2D eigenvalue weighted by atomic mass is 16.5. The standard InChI is InChI=1S/C25H28N2O2/c1-25(2)15-29-24(27-25)21-17-11-7-8-12-18(17)23(28-3)22-19(21)14-26-20(22)13-16-9-5-4-6-10-16/h4-12,19-21,26H,13-15H2,1-3H3/t19-,20?,21-/m1/s1. The van der Waals surface area contributed by atoms with Crippen molar-refractivity contribution in [3.8, 4) is 0 Å². The summed E-state index contributed by atoms with van der Waals surface area (Å²) in [4.78, 5) is 4.97. The van der Waals surface area contributed by atoms with Gasteiger partial charge in [0.2, 0.25) is 0 Å². The van der Waals surface area contributed by atoms with Crippen LogP contribution in [0.15, 0.2) is 65.2 Å². The van der Waals surface area contributed by atoms with Crippen LogP contribution in [0, 0.1) is 5.92 Å². The predicted octanol–water partition coefficient (Wildman–Crippen LogP) is 4.18. The maximum Gasteiger partial charge on any atom is 0.192 e. The van der Waals surface area contributed by atoms with Gasteiger partial charge in [-0.3, -0.25) is 0 Å². The number of ether oxygens (including phenoxy) is 2. The van der Waals surface area contributed by atoms with Crippen LogP contribution in [-0.2, 0) is 15.9 Å². The lowest BCUT2D eigenvalue weighted by atomic mass is 9.73. The molecule has 1 saturated heterocycles. The van der Waals surface area contributed by atoms with Crippen molar-refractivity contribution < 1.29 is 9.47 Å². The molecule has 0 saturated carbocycles. The number of hydrogen-bond donors (Lipinski definition) is 1. The van der Waals surface area contributed by atoms with Gasteiger partial charge >= 0.3 is 0 Å². The molecule has 1 unspecified atom stereocenters. The molecule has 2 heterocycles. The van der Waals surface area contributed by atoms with Gasteiger partial charge in [0.25, 0.3) is 0 Å². The molecule has 1 N–H and O–H groups in total. The first-order chi connectivity index (χ1) is 14.1. The smallest absolute Gasteiger partial charge is 0.192 e. The third kappa shape index (κ3) is 3.16. The van der Waals surface area contributed by atoms with Gasteiger partial charge < -0.3 is 14.8 Å². The molecule has 5 rings (SSSR count). The molecule has 1 fully saturated rings. The molecule has 3 aliphatic rings. The van der Waals surface area contributed by atoms with E-state index in [4.69, 9.17) is 14.5 Å². The Bertz CT molecular complexity index is 977. The van der Waals surface area contributed by atoms with Gasteiger partial charge in [-0.15, -0.1) is 0 Å². The van der Waals surface area contributed by atoms with Crippen LogP contribution in [0.3, 0.4) is 0 Å². The van der Waals surface area contributed by atoms with E-state index in [1.807, 2.05) is 0 Å². The summed E-state index contributed by atoms with van der Waals surface area (Å²) >= 11 is 0. The van der Waals surface area contributed by atoms with Crippen LogP contribution in [-0.4, -0.2) is 37.7 Å². The van der Waals surface area contributed by atoms with E-state index in [1.165, 1.54) is 22.3 Å². The summed E-state index contributed by atoms with van der Waals surface area (Å²) in [5.74, 6) is 2.32. The number of benzene rings is 2. The first-order valence-electron chi connectivity index (χ1n) is 10.4. The van der Waals surface area contributed by atoms with Gasteiger partial charge in [-0.1, -0.05) is 54.6 Å². The molecule has 4 heteroatoms. The van der Waals surface area contributed by atoms with Gasteiger partial charge in [0, 0.05) is 24.1 Å². The fourth-order valence-corrected chi connectivity index (χ4v) is 5.06. The molecule has 29 heavy (non-hydrogen) atoms. The van der Waals surface area contributed by atoms with Crippen LogP contribution in [0.4, 0.5) is 0 Å². The van der Waals surface area contributed by atoms with Gasteiger partial charge in [-0.25, -0.2) is 4.99 Å². The number of fused-ring (bicyclic) bond motifs is 2. The van der Waals surface area contributed by atoms with Crippen molar-refractivity contribution in [3.63, 3.8) is 0 Å².